The zero-order chi connectivity index (χ0) is 13.5. The van der Waals surface area contributed by atoms with Gasteiger partial charge in [-0.3, -0.25) is 10.1 Å². The molecule has 0 spiro atoms. The summed E-state index contributed by atoms with van der Waals surface area (Å²) in [5, 5.41) is 10.5. The van der Waals surface area contributed by atoms with Gasteiger partial charge in [0.05, 0.1) is 4.92 Å². The molecule has 0 aliphatic heterocycles. The van der Waals surface area contributed by atoms with Gasteiger partial charge >= 0.3 is 0 Å². The molecule has 0 saturated heterocycles. The first-order valence-corrected chi connectivity index (χ1v) is 5.67. The largest absolute Gasteiger partial charge is 0.481 e. The number of non-ortho nitro benzene ring substituents is 1. The number of ether oxygens (including phenoxy) is 1. The van der Waals surface area contributed by atoms with E-state index in [2.05, 4.69) is 11.8 Å². The minimum atomic E-state index is -0.445. The maximum atomic E-state index is 10.5. The maximum absolute atomic E-state index is 10.5. The van der Waals surface area contributed by atoms with Gasteiger partial charge < -0.3 is 4.74 Å². The van der Waals surface area contributed by atoms with Crippen LogP contribution in [0.5, 0.6) is 5.75 Å². The van der Waals surface area contributed by atoms with Crippen molar-refractivity contribution < 1.29 is 9.66 Å². The predicted molar refractivity (Wildman–Crippen MR) is 71.9 cm³/mol. The Morgan fingerprint density at radius 2 is 1.74 bits per heavy atom. The second-order valence-electron chi connectivity index (χ2n) is 3.71. The summed E-state index contributed by atoms with van der Waals surface area (Å²) in [6.07, 6.45) is 0. The molecule has 0 unspecified atom stereocenters. The van der Waals surface area contributed by atoms with Crippen LogP contribution in [0.15, 0.2) is 54.6 Å². The molecule has 0 aliphatic carbocycles. The zero-order valence-corrected chi connectivity index (χ0v) is 10.1. The highest BCUT2D eigenvalue weighted by molar-refractivity contribution is 5.37. The first-order chi connectivity index (χ1) is 9.25. The fourth-order valence-electron chi connectivity index (χ4n) is 1.44. The van der Waals surface area contributed by atoms with Crippen LogP contribution in [-0.2, 0) is 0 Å². The van der Waals surface area contributed by atoms with E-state index in [1.807, 2.05) is 30.3 Å². The average molecular weight is 253 g/mol. The number of rotatable bonds is 3. The van der Waals surface area contributed by atoms with E-state index in [1.54, 1.807) is 12.1 Å². The van der Waals surface area contributed by atoms with E-state index >= 15 is 0 Å². The van der Waals surface area contributed by atoms with Gasteiger partial charge in [-0.05, 0) is 24.3 Å². The van der Waals surface area contributed by atoms with Crippen LogP contribution in [0.2, 0.25) is 0 Å². The summed E-state index contributed by atoms with van der Waals surface area (Å²) in [6, 6.07) is 15.5. The van der Waals surface area contributed by atoms with Gasteiger partial charge in [0.15, 0.2) is 0 Å². The smallest absolute Gasteiger partial charge is 0.269 e. The Hall–Kier alpha value is -2.80. The molecule has 0 aliphatic rings. The van der Waals surface area contributed by atoms with Crippen molar-refractivity contribution in [2.24, 2.45) is 0 Å². The summed E-state index contributed by atoms with van der Waals surface area (Å²) in [5.74, 6) is 6.41. The monoisotopic (exact) mass is 253 g/mol. The standard InChI is InChI=1S/C15H11NO3/c17-16(18)14-8-10-15(11-9-14)19-12-4-7-13-5-2-1-3-6-13/h1-3,5-6,8-11H,12H2. The highest BCUT2D eigenvalue weighted by Crippen LogP contribution is 2.16. The van der Waals surface area contributed by atoms with Crippen molar-refractivity contribution in [3.63, 3.8) is 0 Å². The molecule has 0 fully saturated rings. The molecule has 0 aromatic heterocycles. The number of nitro groups is 1. The molecular weight excluding hydrogens is 242 g/mol. The fourth-order valence-corrected chi connectivity index (χ4v) is 1.44. The zero-order valence-electron chi connectivity index (χ0n) is 10.1. The van der Waals surface area contributed by atoms with Crippen molar-refractivity contribution in [3.05, 3.63) is 70.3 Å². The van der Waals surface area contributed by atoms with Crippen LogP contribution < -0.4 is 4.74 Å². The Bertz CT molecular complexity index is 609. The van der Waals surface area contributed by atoms with Crippen molar-refractivity contribution in [2.75, 3.05) is 6.61 Å². The lowest BCUT2D eigenvalue weighted by molar-refractivity contribution is -0.384. The van der Waals surface area contributed by atoms with Crippen molar-refractivity contribution in [2.45, 2.75) is 0 Å². The number of nitro benzene ring substituents is 1. The van der Waals surface area contributed by atoms with Gasteiger partial charge in [0.1, 0.15) is 12.4 Å². The predicted octanol–water partition coefficient (Wildman–Crippen LogP) is 3.03. The van der Waals surface area contributed by atoms with Gasteiger partial charge in [0, 0.05) is 17.7 Å². The summed E-state index contributed by atoms with van der Waals surface area (Å²) in [7, 11) is 0. The number of hydrogen-bond donors (Lipinski definition) is 0. The molecule has 4 nitrogen and oxygen atoms in total. The maximum Gasteiger partial charge on any atom is 0.269 e. The first kappa shape index (κ1) is 12.7. The summed E-state index contributed by atoms with van der Waals surface area (Å²) >= 11 is 0. The van der Waals surface area contributed by atoms with Crippen LogP contribution in [0.1, 0.15) is 5.56 Å². The van der Waals surface area contributed by atoms with E-state index in [-0.39, 0.29) is 12.3 Å². The Balaban J connectivity index is 1.89. The molecular formula is C15H11NO3. The minimum Gasteiger partial charge on any atom is -0.481 e. The molecule has 94 valence electrons. The number of hydrogen-bond acceptors (Lipinski definition) is 3. The van der Waals surface area contributed by atoms with E-state index in [0.717, 1.165) is 5.56 Å². The second-order valence-corrected chi connectivity index (χ2v) is 3.71. The minimum absolute atomic E-state index is 0.0442. The average Bonchev–Trinajstić information content (AvgIpc) is 2.45. The molecule has 0 bridgehead atoms. The van der Waals surface area contributed by atoms with Gasteiger partial charge in [-0.1, -0.05) is 30.0 Å². The van der Waals surface area contributed by atoms with E-state index in [1.165, 1.54) is 12.1 Å². The Morgan fingerprint density at radius 3 is 2.37 bits per heavy atom. The van der Waals surface area contributed by atoms with Crippen LogP contribution in [0.3, 0.4) is 0 Å². The molecule has 0 heterocycles. The van der Waals surface area contributed by atoms with Gasteiger partial charge in [-0.15, -0.1) is 0 Å². The molecule has 0 radical (unpaired) electrons. The Kier molecular flexibility index (Phi) is 4.14. The lowest BCUT2D eigenvalue weighted by Gasteiger charge is -2.00. The Morgan fingerprint density at radius 1 is 1.05 bits per heavy atom. The molecule has 2 rings (SSSR count). The topological polar surface area (TPSA) is 52.4 Å². The Labute approximate surface area is 110 Å². The van der Waals surface area contributed by atoms with Crippen LogP contribution >= 0.6 is 0 Å². The summed E-state index contributed by atoms with van der Waals surface area (Å²) < 4.78 is 5.37. The highest BCUT2D eigenvalue weighted by Gasteiger charge is 2.03. The third-order valence-corrected chi connectivity index (χ3v) is 2.37. The van der Waals surface area contributed by atoms with Gasteiger partial charge in [-0.25, -0.2) is 0 Å². The quantitative estimate of drug-likeness (QED) is 0.480. The molecule has 4 heteroatoms. The first-order valence-electron chi connectivity index (χ1n) is 5.67. The van der Waals surface area contributed by atoms with Gasteiger partial charge in [-0.2, -0.15) is 0 Å². The van der Waals surface area contributed by atoms with Crippen LogP contribution in [0.4, 0.5) is 5.69 Å². The molecule has 0 atom stereocenters. The summed E-state index contributed by atoms with van der Waals surface area (Å²) in [4.78, 5) is 10.0. The third kappa shape index (κ3) is 3.86. The summed E-state index contributed by atoms with van der Waals surface area (Å²) in [6.45, 7) is 0.243. The number of nitrogens with zero attached hydrogens (tertiary/aromatic N) is 1. The van der Waals surface area contributed by atoms with Gasteiger partial charge in [0.2, 0.25) is 0 Å². The lowest BCUT2D eigenvalue weighted by atomic mass is 10.2. The van der Waals surface area contributed by atoms with Crippen LogP contribution in [-0.4, -0.2) is 11.5 Å². The third-order valence-electron chi connectivity index (χ3n) is 2.37. The van der Waals surface area contributed by atoms with Crippen LogP contribution in [0, 0.1) is 22.0 Å². The van der Waals surface area contributed by atoms with E-state index in [9.17, 15) is 10.1 Å². The fraction of sp³-hybridized carbons (Fsp3) is 0.0667. The number of benzene rings is 2. The van der Waals surface area contributed by atoms with Crippen molar-refractivity contribution in [3.8, 4) is 17.6 Å². The van der Waals surface area contributed by atoms with Gasteiger partial charge in [0.25, 0.3) is 5.69 Å². The van der Waals surface area contributed by atoms with Crippen molar-refractivity contribution in [1.82, 2.24) is 0 Å². The molecule has 2 aromatic carbocycles. The van der Waals surface area contributed by atoms with E-state index in [4.69, 9.17) is 4.74 Å². The SMILES string of the molecule is O=[N+]([O-])c1ccc(OCC#Cc2ccccc2)cc1. The summed E-state index contributed by atoms with van der Waals surface area (Å²) in [5.41, 5.74) is 0.970. The van der Waals surface area contributed by atoms with Crippen LogP contribution in [0.25, 0.3) is 0 Å². The second kappa shape index (κ2) is 6.22. The van der Waals surface area contributed by atoms with E-state index in [0.29, 0.717) is 5.75 Å². The molecule has 19 heavy (non-hydrogen) atoms. The van der Waals surface area contributed by atoms with Crippen molar-refractivity contribution >= 4 is 5.69 Å². The molecule has 2 aromatic rings. The normalized spacial score (nSPS) is 9.26. The molecule has 0 N–H and O–H groups in total. The van der Waals surface area contributed by atoms with E-state index < -0.39 is 4.92 Å². The van der Waals surface area contributed by atoms with Crippen molar-refractivity contribution in [1.29, 1.82) is 0 Å². The molecule has 0 saturated carbocycles. The highest BCUT2D eigenvalue weighted by atomic mass is 16.6. The lowest BCUT2D eigenvalue weighted by Crippen LogP contribution is -1.94. The molecule has 0 amide bonds.